The minimum absolute atomic E-state index is 0.213. The lowest BCUT2D eigenvalue weighted by Crippen LogP contribution is -2.40. The van der Waals surface area contributed by atoms with Crippen molar-refractivity contribution in [3.63, 3.8) is 0 Å². The van der Waals surface area contributed by atoms with Gasteiger partial charge in [0.2, 0.25) is 0 Å². The Labute approximate surface area is 153 Å². The molecule has 0 amide bonds. The first-order chi connectivity index (χ1) is 12.7. The summed E-state index contributed by atoms with van der Waals surface area (Å²) in [6, 6.07) is 8.15. The number of aromatic nitrogens is 4. The van der Waals surface area contributed by atoms with E-state index in [1.165, 1.54) is 0 Å². The fourth-order valence-electron chi connectivity index (χ4n) is 3.42. The van der Waals surface area contributed by atoms with Crippen LogP contribution < -0.4 is 4.90 Å². The van der Waals surface area contributed by atoms with Crippen LogP contribution in [0.25, 0.3) is 5.65 Å². The van der Waals surface area contributed by atoms with Gasteiger partial charge in [0.25, 0.3) is 0 Å². The Morgan fingerprint density at radius 3 is 3.00 bits per heavy atom. The standard InChI is InChI=1S/C20H25N5O/c1-15(2)18-11-20(25-19(23-18)7-9-22-25)24-10-4-6-17(13-24)26-14-16-5-3-8-21-12-16/h3,5,7-9,11-12,15,17H,4,6,10,13-14H2,1-2H3/t17-/m0/s1. The molecule has 0 spiro atoms. The van der Waals surface area contributed by atoms with E-state index in [1.807, 2.05) is 29.0 Å². The first-order valence-electron chi connectivity index (χ1n) is 9.31. The van der Waals surface area contributed by atoms with Crippen LogP contribution in [0.1, 0.15) is 43.9 Å². The Hall–Kier alpha value is -2.47. The Morgan fingerprint density at radius 2 is 2.19 bits per heavy atom. The van der Waals surface area contributed by atoms with Gasteiger partial charge in [-0.15, -0.1) is 0 Å². The van der Waals surface area contributed by atoms with E-state index in [9.17, 15) is 0 Å². The molecular weight excluding hydrogens is 326 g/mol. The van der Waals surface area contributed by atoms with Crippen molar-refractivity contribution >= 4 is 11.5 Å². The molecule has 0 saturated carbocycles. The van der Waals surface area contributed by atoms with Crippen LogP contribution in [0.3, 0.4) is 0 Å². The van der Waals surface area contributed by atoms with Crippen LogP contribution >= 0.6 is 0 Å². The van der Waals surface area contributed by atoms with Crippen molar-refractivity contribution in [1.82, 2.24) is 19.6 Å². The second kappa shape index (κ2) is 7.41. The Kier molecular flexibility index (Phi) is 4.84. The van der Waals surface area contributed by atoms with Crippen molar-refractivity contribution in [2.45, 2.75) is 45.3 Å². The monoisotopic (exact) mass is 351 g/mol. The molecule has 6 nitrogen and oxygen atoms in total. The van der Waals surface area contributed by atoms with Gasteiger partial charge in [0.15, 0.2) is 5.65 Å². The van der Waals surface area contributed by atoms with E-state index in [0.29, 0.717) is 12.5 Å². The summed E-state index contributed by atoms with van der Waals surface area (Å²) >= 11 is 0. The molecule has 0 radical (unpaired) electrons. The summed E-state index contributed by atoms with van der Waals surface area (Å²) in [7, 11) is 0. The minimum atomic E-state index is 0.213. The molecule has 1 fully saturated rings. The van der Waals surface area contributed by atoms with E-state index in [1.54, 1.807) is 6.20 Å². The molecule has 3 aromatic rings. The van der Waals surface area contributed by atoms with E-state index < -0.39 is 0 Å². The van der Waals surface area contributed by atoms with Gasteiger partial charge in [-0.05, 0) is 30.4 Å². The number of nitrogens with zero attached hydrogens (tertiary/aromatic N) is 5. The maximum absolute atomic E-state index is 6.17. The summed E-state index contributed by atoms with van der Waals surface area (Å²) in [5, 5.41) is 4.48. The fraction of sp³-hybridized carbons (Fsp3) is 0.450. The topological polar surface area (TPSA) is 55.5 Å². The largest absolute Gasteiger partial charge is 0.372 e. The predicted octanol–water partition coefficient (Wildman–Crippen LogP) is 3.43. The molecule has 1 aliphatic rings. The molecule has 1 aliphatic heterocycles. The van der Waals surface area contributed by atoms with E-state index in [2.05, 4.69) is 41.0 Å². The molecule has 6 heteroatoms. The zero-order valence-corrected chi connectivity index (χ0v) is 15.4. The van der Waals surface area contributed by atoms with Crippen LogP contribution in [0.5, 0.6) is 0 Å². The van der Waals surface area contributed by atoms with Gasteiger partial charge >= 0.3 is 0 Å². The van der Waals surface area contributed by atoms with Crippen molar-refractivity contribution < 1.29 is 4.74 Å². The average molecular weight is 351 g/mol. The lowest BCUT2D eigenvalue weighted by molar-refractivity contribution is 0.0312. The Morgan fingerprint density at radius 1 is 1.27 bits per heavy atom. The quantitative estimate of drug-likeness (QED) is 0.705. The second-order valence-electron chi connectivity index (χ2n) is 7.18. The van der Waals surface area contributed by atoms with E-state index >= 15 is 0 Å². The highest BCUT2D eigenvalue weighted by Gasteiger charge is 2.23. The van der Waals surface area contributed by atoms with Crippen LogP contribution in [0.4, 0.5) is 5.82 Å². The van der Waals surface area contributed by atoms with Gasteiger partial charge in [-0.1, -0.05) is 19.9 Å². The Balaban J connectivity index is 1.52. The molecular formula is C20H25N5O. The number of fused-ring (bicyclic) bond motifs is 1. The number of ether oxygens (including phenoxy) is 1. The average Bonchev–Trinajstić information content (AvgIpc) is 3.15. The van der Waals surface area contributed by atoms with Crippen molar-refractivity contribution in [3.8, 4) is 0 Å². The van der Waals surface area contributed by atoms with Crippen LogP contribution in [0, 0.1) is 0 Å². The number of pyridine rings is 1. The molecule has 0 aliphatic carbocycles. The van der Waals surface area contributed by atoms with Gasteiger partial charge < -0.3 is 9.64 Å². The fourth-order valence-corrected chi connectivity index (χ4v) is 3.42. The van der Waals surface area contributed by atoms with Gasteiger partial charge in [-0.25, -0.2) is 4.98 Å². The van der Waals surface area contributed by atoms with Gasteiger partial charge in [-0.2, -0.15) is 9.61 Å². The lowest BCUT2D eigenvalue weighted by Gasteiger charge is -2.34. The van der Waals surface area contributed by atoms with Crippen LogP contribution in [-0.4, -0.2) is 38.8 Å². The number of hydrogen-bond donors (Lipinski definition) is 0. The normalized spacial score (nSPS) is 18.0. The van der Waals surface area contributed by atoms with Crippen molar-refractivity contribution in [2.75, 3.05) is 18.0 Å². The highest BCUT2D eigenvalue weighted by atomic mass is 16.5. The summed E-state index contributed by atoms with van der Waals surface area (Å²) in [6.45, 7) is 6.85. The zero-order valence-electron chi connectivity index (χ0n) is 15.4. The number of hydrogen-bond acceptors (Lipinski definition) is 5. The highest BCUT2D eigenvalue weighted by molar-refractivity contribution is 5.51. The summed E-state index contributed by atoms with van der Waals surface area (Å²) in [5.74, 6) is 1.49. The summed E-state index contributed by atoms with van der Waals surface area (Å²) in [6.07, 6.45) is 7.88. The second-order valence-corrected chi connectivity index (χ2v) is 7.18. The van der Waals surface area contributed by atoms with Crippen LogP contribution in [0.2, 0.25) is 0 Å². The van der Waals surface area contributed by atoms with Crippen molar-refractivity contribution in [3.05, 3.63) is 54.1 Å². The Bertz CT molecular complexity index is 861. The number of anilines is 1. The molecule has 4 rings (SSSR count). The SMILES string of the molecule is CC(C)c1cc(N2CCC[C@H](OCc3cccnc3)C2)n2nccc2n1. The maximum atomic E-state index is 6.17. The molecule has 136 valence electrons. The van der Waals surface area contributed by atoms with Crippen molar-refractivity contribution in [2.24, 2.45) is 0 Å². The molecule has 4 heterocycles. The molecule has 26 heavy (non-hydrogen) atoms. The molecule has 0 aromatic carbocycles. The smallest absolute Gasteiger partial charge is 0.157 e. The van der Waals surface area contributed by atoms with E-state index in [0.717, 1.165) is 48.7 Å². The highest BCUT2D eigenvalue weighted by Crippen LogP contribution is 2.25. The van der Waals surface area contributed by atoms with Gasteiger partial charge in [0.1, 0.15) is 5.82 Å². The first kappa shape index (κ1) is 17.0. The molecule has 0 N–H and O–H groups in total. The summed E-state index contributed by atoms with van der Waals surface area (Å²) in [5.41, 5.74) is 3.13. The van der Waals surface area contributed by atoms with Gasteiger partial charge in [-0.3, -0.25) is 4.98 Å². The minimum Gasteiger partial charge on any atom is -0.372 e. The van der Waals surface area contributed by atoms with E-state index in [-0.39, 0.29) is 6.10 Å². The summed E-state index contributed by atoms with van der Waals surface area (Å²) < 4.78 is 8.10. The van der Waals surface area contributed by atoms with Gasteiger partial charge in [0.05, 0.1) is 18.9 Å². The zero-order chi connectivity index (χ0) is 17.9. The third kappa shape index (κ3) is 3.55. The summed E-state index contributed by atoms with van der Waals surface area (Å²) in [4.78, 5) is 11.3. The third-order valence-electron chi connectivity index (χ3n) is 4.86. The van der Waals surface area contributed by atoms with Crippen molar-refractivity contribution in [1.29, 1.82) is 0 Å². The molecule has 1 saturated heterocycles. The predicted molar refractivity (Wildman–Crippen MR) is 101 cm³/mol. The molecule has 0 bridgehead atoms. The van der Waals surface area contributed by atoms with Gasteiger partial charge in [0, 0.05) is 43.3 Å². The van der Waals surface area contributed by atoms with Crippen LogP contribution in [0.15, 0.2) is 42.9 Å². The first-order valence-corrected chi connectivity index (χ1v) is 9.31. The lowest BCUT2D eigenvalue weighted by atomic mass is 10.1. The maximum Gasteiger partial charge on any atom is 0.157 e. The number of piperidine rings is 1. The van der Waals surface area contributed by atoms with E-state index in [4.69, 9.17) is 9.72 Å². The molecule has 0 unspecified atom stereocenters. The third-order valence-corrected chi connectivity index (χ3v) is 4.86. The molecule has 3 aromatic heterocycles. The molecule has 1 atom stereocenters. The van der Waals surface area contributed by atoms with Crippen LogP contribution in [-0.2, 0) is 11.3 Å². The number of rotatable bonds is 5.